The molecule has 0 radical (unpaired) electrons. The number of nitrogens with zero attached hydrogens (tertiary/aromatic N) is 1. The van der Waals surface area contributed by atoms with Crippen molar-refractivity contribution in [2.75, 3.05) is 13.7 Å². The molecule has 2 aromatic carbocycles. The SMILES string of the molecule is C=CCN(Cc1ccc(OC)cc1)C(=O)c1cc(F)ccc1Br. The molecule has 0 aliphatic heterocycles. The number of methoxy groups -OCH3 is 1. The average molecular weight is 378 g/mol. The zero-order valence-electron chi connectivity index (χ0n) is 12.8. The van der Waals surface area contributed by atoms with Crippen LogP contribution in [0.5, 0.6) is 5.75 Å². The summed E-state index contributed by atoms with van der Waals surface area (Å²) >= 11 is 3.30. The number of rotatable bonds is 6. The Bertz CT molecular complexity index is 701. The molecule has 0 aliphatic rings. The molecule has 1 amide bonds. The van der Waals surface area contributed by atoms with E-state index in [0.717, 1.165) is 11.3 Å². The molecule has 0 N–H and O–H groups in total. The van der Waals surface area contributed by atoms with E-state index in [0.29, 0.717) is 23.1 Å². The Hall–Kier alpha value is -2.14. The van der Waals surface area contributed by atoms with E-state index >= 15 is 0 Å². The molecular weight excluding hydrogens is 361 g/mol. The Morgan fingerprint density at radius 1 is 1.30 bits per heavy atom. The van der Waals surface area contributed by atoms with E-state index in [4.69, 9.17) is 4.74 Å². The van der Waals surface area contributed by atoms with Crippen LogP contribution in [0.3, 0.4) is 0 Å². The van der Waals surface area contributed by atoms with Gasteiger partial charge < -0.3 is 9.64 Å². The van der Waals surface area contributed by atoms with Gasteiger partial charge in [-0.05, 0) is 51.8 Å². The highest BCUT2D eigenvalue weighted by Gasteiger charge is 2.18. The van der Waals surface area contributed by atoms with Gasteiger partial charge in [0.25, 0.3) is 5.91 Å². The van der Waals surface area contributed by atoms with Gasteiger partial charge in [-0.15, -0.1) is 6.58 Å². The van der Waals surface area contributed by atoms with E-state index in [1.165, 1.54) is 18.2 Å². The zero-order valence-corrected chi connectivity index (χ0v) is 14.3. The van der Waals surface area contributed by atoms with Crippen LogP contribution in [0.2, 0.25) is 0 Å². The third kappa shape index (κ3) is 4.42. The maximum Gasteiger partial charge on any atom is 0.255 e. The maximum absolute atomic E-state index is 13.4. The van der Waals surface area contributed by atoms with Crippen molar-refractivity contribution in [3.05, 3.63) is 76.5 Å². The van der Waals surface area contributed by atoms with Gasteiger partial charge >= 0.3 is 0 Å². The second-order valence-electron chi connectivity index (χ2n) is 4.95. The number of halogens is 2. The van der Waals surface area contributed by atoms with Crippen LogP contribution in [-0.2, 0) is 6.54 Å². The van der Waals surface area contributed by atoms with Crippen LogP contribution in [0.1, 0.15) is 15.9 Å². The second-order valence-corrected chi connectivity index (χ2v) is 5.80. The Kier molecular flexibility index (Phi) is 5.93. The number of carbonyl (C=O) groups is 1. The average Bonchev–Trinajstić information content (AvgIpc) is 2.56. The first-order valence-corrected chi connectivity index (χ1v) is 7.82. The van der Waals surface area contributed by atoms with Gasteiger partial charge in [0.2, 0.25) is 0 Å². The molecule has 0 saturated carbocycles. The maximum atomic E-state index is 13.4. The van der Waals surface area contributed by atoms with Crippen molar-refractivity contribution in [2.24, 2.45) is 0 Å². The number of hydrogen-bond acceptors (Lipinski definition) is 2. The number of carbonyl (C=O) groups excluding carboxylic acids is 1. The summed E-state index contributed by atoms with van der Waals surface area (Å²) in [7, 11) is 1.60. The lowest BCUT2D eigenvalue weighted by atomic mass is 10.1. The summed E-state index contributed by atoms with van der Waals surface area (Å²) in [5, 5.41) is 0. The highest BCUT2D eigenvalue weighted by molar-refractivity contribution is 9.10. The van der Waals surface area contributed by atoms with Gasteiger partial charge in [0, 0.05) is 17.6 Å². The third-order valence-corrected chi connectivity index (χ3v) is 4.02. The third-order valence-electron chi connectivity index (χ3n) is 3.33. The van der Waals surface area contributed by atoms with E-state index in [1.807, 2.05) is 24.3 Å². The standard InChI is InChI=1S/C18H17BrFNO2/c1-3-10-21(12-13-4-7-15(23-2)8-5-13)18(22)16-11-14(20)6-9-17(16)19/h3-9,11H,1,10,12H2,2H3. The summed E-state index contributed by atoms with van der Waals surface area (Å²) in [6.45, 7) is 4.46. The van der Waals surface area contributed by atoms with Crippen LogP contribution in [0, 0.1) is 5.82 Å². The van der Waals surface area contributed by atoms with Gasteiger partial charge in [-0.2, -0.15) is 0 Å². The molecule has 120 valence electrons. The van der Waals surface area contributed by atoms with Crippen LogP contribution in [0.15, 0.2) is 59.6 Å². The van der Waals surface area contributed by atoms with Gasteiger partial charge in [-0.25, -0.2) is 4.39 Å². The first-order valence-electron chi connectivity index (χ1n) is 7.03. The minimum Gasteiger partial charge on any atom is -0.497 e. The molecule has 0 heterocycles. The molecule has 23 heavy (non-hydrogen) atoms. The number of hydrogen-bond donors (Lipinski definition) is 0. The van der Waals surface area contributed by atoms with Crippen molar-refractivity contribution in [1.82, 2.24) is 4.90 Å². The summed E-state index contributed by atoms with van der Waals surface area (Å²) in [6, 6.07) is 11.5. The van der Waals surface area contributed by atoms with Gasteiger partial charge in [0.05, 0.1) is 12.7 Å². The van der Waals surface area contributed by atoms with Gasteiger partial charge in [-0.1, -0.05) is 18.2 Å². The summed E-state index contributed by atoms with van der Waals surface area (Å²) in [4.78, 5) is 14.3. The van der Waals surface area contributed by atoms with Crippen molar-refractivity contribution >= 4 is 21.8 Å². The van der Waals surface area contributed by atoms with E-state index < -0.39 is 5.82 Å². The summed E-state index contributed by atoms with van der Waals surface area (Å²) < 4.78 is 19.1. The largest absolute Gasteiger partial charge is 0.497 e. The van der Waals surface area contributed by atoms with Crippen LogP contribution in [-0.4, -0.2) is 24.5 Å². The van der Waals surface area contributed by atoms with Crippen LogP contribution >= 0.6 is 15.9 Å². The Labute approximate surface area is 143 Å². The highest BCUT2D eigenvalue weighted by Crippen LogP contribution is 2.21. The second kappa shape index (κ2) is 7.92. The van der Waals surface area contributed by atoms with Gasteiger partial charge in [-0.3, -0.25) is 4.79 Å². The first-order chi connectivity index (χ1) is 11.0. The Balaban J connectivity index is 2.24. The van der Waals surface area contributed by atoms with Crippen molar-refractivity contribution in [1.29, 1.82) is 0 Å². The van der Waals surface area contributed by atoms with Crippen LogP contribution in [0.25, 0.3) is 0 Å². The lowest BCUT2D eigenvalue weighted by Gasteiger charge is -2.22. The number of ether oxygens (including phenoxy) is 1. The molecule has 2 rings (SSSR count). The molecule has 0 atom stereocenters. The molecule has 0 bridgehead atoms. The lowest BCUT2D eigenvalue weighted by Crippen LogP contribution is -2.31. The van der Waals surface area contributed by atoms with Crippen molar-refractivity contribution in [3.63, 3.8) is 0 Å². The van der Waals surface area contributed by atoms with E-state index in [1.54, 1.807) is 18.1 Å². The fourth-order valence-electron chi connectivity index (χ4n) is 2.16. The highest BCUT2D eigenvalue weighted by atomic mass is 79.9. The Morgan fingerprint density at radius 2 is 2.00 bits per heavy atom. The predicted octanol–water partition coefficient (Wildman–Crippen LogP) is 4.43. The molecule has 2 aromatic rings. The van der Waals surface area contributed by atoms with Gasteiger partial charge in [0.15, 0.2) is 0 Å². The van der Waals surface area contributed by atoms with Gasteiger partial charge in [0.1, 0.15) is 11.6 Å². The summed E-state index contributed by atoms with van der Waals surface area (Å²) in [6.07, 6.45) is 1.65. The topological polar surface area (TPSA) is 29.5 Å². The number of benzene rings is 2. The smallest absolute Gasteiger partial charge is 0.255 e. The minimum absolute atomic E-state index is 0.257. The van der Waals surface area contributed by atoms with E-state index in [2.05, 4.69) is 22.5 Å². The lowest BCUT2D eigenvalue weighted by molar-refractivity contribution is 0.0761. The minimum atomic E-state index is -0.445. The van der Waals surface area contributed by atoms with Crippen LogP contribution < -0.4 is 4.74 Å². The zero-order chi connectivity index (χ0) is 16.8. The fraction of sp³-hybridized carbons (Fsp3) is 0.167. The van der Waals surface area contributed by atoms with Crippen molar-refractivity contribution < 1.29 is 13.9 Å². The van der Waals surface area contributed by atoms with Crippen LogP contribution in [0.4, 0.5) is 4.39 Å². The molecule has 3 nitrogen and oxygen atoms in total. The molecule has 0 aromatic heterocycles. The normalized spacial score (nSPS) is 10.2. The monoisotopic (exact) mass is 377 g/mol. The predicted molar refractivity (Wildman–Crippen MR) is 92.0 cm³/mol. The molecule has 0 unspecified atom stereocenters. The molecule has 0 saturated heterocycles. The van der Waals surface area contributed by atoms with E-state index in [-0.39, 0.29) is 5.91 Å². The molecular formula is C18H17BrFNO2. The van der Waals surface area contributed by atoms with E-state index in [9.17, 15) is 9.18 Å². The summed E-state index contributed by atoms with van der Waals surface area (Å²) in [5.74, 6) is 0.0508. The molecule has 5 heteroatoms. The molecule has 0 fully saturated rings. The van der Waals surface area contributed by atoms with Crippen molar-refractivity contribution in [2.45, 2.75) is 6.54 Å². The quantitative estimate of drug-likeness (QED) is 0.697. The summed E-state index contributed by atoms with van der Waals surface area (Å²) in [5.41, 5.74) is 1.24. The van der Waals surface area contributed by atoms with Crippen molar-refractivity contribution in [3.8, 4) is 5.75 Å². The molecule has 0 aliphatic carbocycles. The molecule has 0 spiro atoms. The fourth-order valence-corrected chi connectivity index (χ4v) is 2.57. The first kappa shape index (κ1) is 17.2. The Morgan fingerprint density at radius 3 is 2.61 bits per heavy atom. The number of amides is 1.